The van der Waals surface area contributed by atoms with Crippen molar-refractivity contribution in [1.29, 1.82) is 0 Å². The van der Waals surface area contributed by atoms with Gasteiger partial charge in [-0.05, 0) is 67.3 Å². The highest BCUT2D eigenvalue weighted by molar-refractivity contribution is 7.89. The molecule has 0 aromatic heterocycles. The molecule has 3 aromatic carbocycles. The van der Waals surface area contributed by atoms with Crippen LogP contribution in [0.2, 0.25) is 5.02 Å². The Kier molecular flexibility index (Phi) is 8.09. The molecular formula is C25H26ClN3O4S. The Balaban J connectivity index is 1.87. The molecule has 9 heteroatoms. The number of sulfonamides is 1. The Hall–Kier alpha value is -3.20. The van der Waals surface area contributed by atoms with Crippen molar-refractivity contribution in [1.82, 2.24) is 9.73 Å². The van der Waals surface area contributed by atoms with Gasteiger partial charge >= 0.3 is 0 Å². The Morgan fingerprint density at radius 1 is 1.06 bits per heavy atom. The number of carbonyl (C=O) groups excluding carboxylic acids is 1. The number of halogens is 1. The molecule has 0 saturated carbocycles. The number of aromatic hydroxyl groups is 1. The highest BCUT2D eigenvalue weighted by Crippen LogP contribution is 2.26. The molecule has 0 aliphatic rings. The highest BCUT2D eigenvalue weighted by atomic mass is 35.5. The summed E-state index contributed by atoms with van der Waals surface area (Å²) in [7, 11) is -4.01. The molecule has 1 amide bonds. The molecule has 0 unspecified atom stereocenters. The largest absolute Gasteiger partial charge is 0.508 e. The number of hydrazone groups is 1. The fraction of sp³-hybridized carbons (Fsp3) is 0.200. The van der Waals surface area contributed by atoms with Crippen LogP contribution in [0.25, 0.3) is 0 Å². The first-order valence-electron chi connectivity index (χ1n) is 10.5. The zero-order valence-corrected chi connectivity index (χ0v) is 20.7. The summed E-state index contributed by atoms with van der Waals surface area (Å²) in [5.74, 6) is -0.532. The topological polar surface area (TPSA) is 99.1 Å². The van der Waals surface area contributed by atoms with Gasteiger partial charge in [0, 0.05) is 11.6 Å². The lowest BCUT2D eigenvalue weighted by molar-refractivity contribution is -0.121. The van der Waals surface area contributed by atoms with E-state index in [9.17, 15) is 18.3 Å². The number of phenols is 1. The minimum Gasteiger partial charge on any atom is -0.508 e. The third-order valence-electron chi connectivity index (χ3n) is 5.07. The van der Waals surface area contributed by atoms with Crippen molar-refractivity contribution in [2.45, 2.75) is 32.2 Å². The second-order valence-corrected chi connectivity index (χ2v) is 10.3. The summed E-state index contributed by atoms with van der Waals surface area (Å²) >= 11 is 5.96. The summed E-state index contributed by atoms with van der Waals surface area (Å²) in [5, 5.41) is 13.9. The molecular weight excluding hydrogens is 474 g/mol. The molecule has 0 fully saturated rings. The van der Waals surface area contributed by atoms with Crippen LogP contribution in [0.4, 0.5) is 0 Å². The third-order valence-corrected chi connectivity index (χ3v) is 7.42. The Bertz CT molecular complexity index is 1300. The van der Waals surface area contributed by atoms with E-state index in [0.717, 1.165) is 9.87 Å². The van der Waals surface area contributed by atoms with Crippen LogP contribution in [-0.4, -0.2) is 36.5 Å². The number of aryl methyl sites for hydroxylation is 3. The summed E-state index contributed by atoms with van der Waals surface area (Å²) in [6, 6.07) is 16.7. The maximum atomic E-state index is 13.7. The number of nitrogens with zero attached hydrogens (tertiary/aromatic N) is 2. The van der Waals surface area contributed by atoms with Gasteiger partial charge in [-0.15, -0.1) is 0 Å². The van der Waals surface area contributed by atoms with Crippen LogP contribution in [-0.2, 0) is 21.4 Å². The van der Waals surface area contributed by atoms with E-state index in [0.29, 0.717) is 27.3 Å². The van der Waals surface area contributed by atoms with Crippen molar-refractivity contribution >= 4 is 33.7 Å². The van der Waals surface area contributed by atoms with Gasteiger partial charge in [-0.25, -0.2) is 13.8 Å². The van der Waals surface area contributed by atoms with E-state index in [-0.39, 0.29) is 17.2 Å². The Labute approximate surface area is 204 Å². The summed E-state index contributed by atoms with van der Waals surface area (Å²) < 4.78 is 28.5. The maximum Gasteiger partial charge on any atom is 0.255 e. The zero-order valence-electron chi connectivity index (χ0n) is 19.1. The van der Waals surface area contributed by atoms with E-state index in [2.05, 4.69) is 10.5 Å². The van der Waals surface area contributed by atoms with Gasteiger partial charge in [0.15, 0.2) is 0 Å². The molecule has 2 N–H and O–H groups in total. The molecule has 0 heterocycles. The minimum absolute atomic E-state index is 0.0179. The lowest BCUT2D eigenvalue weighted by Gasteiger charge is -2.24. The molecule has 0 radical (unpaired) electrons. The van der Waals surface area contributed by atoms with Crippen LogP contribution >= 0.6 is 11.6 Å². The average Bonchev–Trinajstić information content (AvgIpc) is 2.74. The molecule has 7 nitrogen and oxygen atoms in total. The molecule has 0 atom stereocenters. The fourth-order valence-corrected chi connectivity index (χ4v) is 5.62. The van der Waals surface area contributed by atoms with E-state index in [1.807, 2.05) is 6.92 Å². The number of hydrogen-bond acceptors (Lipinski definition) is 5. The molecule has 3 rings (SSSR count). The fourth-order valence-electron chi connectivity index (χ4n) is 3.70. The monoisotopic (exact) mass is 499 g/mol. The predicted molar refractivity (Wildman–Crippen MR) is 134 cm³/mol. The molecule has 0 spiro atoms. The van der Waals surface area contributed by atoms with Gasteiger partial charge in [-0.3, -0.25) is 4.79 Å². The number of benzene rings is 3. The van der Waals surface area contributed by atoms with Crippen LogP contribution in [0.1, 0.15) is 27.8 Å². The number of carbonyl (C=O) groups is 1. The van der Waals surface area contributed by atoms with Gasteiger partial charge in [-0.2, -0.15) is 9.41 Å². The van der Waals surface area contributed by atoms with E-state index in [4.69, 9.17) is 11.6 Å². The van der Waals surface area contributed by atoms with Gasteiger partial charge in [0.1, 0.15) is 5.75 Å². The number of rotatable bonds is 8. The van der Waals surface area contributed by atoms with Crippen molar-refractivity contribution in [2.75, 3.05) is 6.54 Å². The van der Waals surface area contributed by atoms with E-state index in [1.165, 1.54) is 18.3 Å². The van der Waals surface area contributed by atoms with Gasteiger partial charge in [0.05, 0.1) is 17.7 Å². The van der Waals surface area contributed by atoms with Crippen LogP contribution in [0.3, 0.4) is 0 Å². The Morgan fingerprint density at radius 2 is 1.71 bits per heavy atom. The average molecular weight is 500 g/mol. The molecule has 0 aliphatic carbocycles. The predicted octanol–water partition coefficient (Wildman–Crippen LogP) is 4.31. The maximum absolute atomic E-state index is 13.7. The quantitative estimate of drug-likeness (QED) is 0.356. The van der Waals surface area contributed by atoms with Crippen molar-refractivity contribution in [3.63, 3.8) is 0 Å². The van der Waals surface area contributed by atoms with Crippen LogP contribution in [0.5, 0.6) is 5.75 Å². The normalized spacial score (nSPS) is 11.8. The van der Waals surface area contributed by atoms with Gasteiger partial charge in [0.2, 0.25) is 10.0 Å². The van der Waals surface area contributed by atoms with E-state index >= 15 is 0 Å². The summed E-state index contributed by atoms with van der Waals surface area (Å²) in [6.45, 7) is 4.94. The summed E-state index contributed by atoms with van der Waals surface area (Å²) in [5.41, 5.74) is 5.81. The van der Waals surface area contributed by atoms with Gasteiger partial charge < -0.3 is 5.11 Å². The van der Waals surface area contributed by atoms with Gasteiger partial charge in [0.25, 0.3) is 5.91 Å². The summed E-state index contributed by atoms with van der Waals surface area (Å²) in [4.78, 5) is 12.8. The second kappa shape index (κ2) is 10.8. The number of phenolic OH excluding ortho intramolecular Hbond substituents is 1. The standard InChI is InChI=1S/C25H26ClN3O4S/c1-17-11-18(2)25(19(3)12-17)34(32,33)29(15-20-7-9-22(26)10-8-20)16-24(31)28-27-14-21-5-4-6-23(30)13-21/h4-14,30H,15-16H2,1-3H3,(H,28,31). The Morgan fingerprint density at radius 3 is 2.32 bits per heavy atom. The third kappa shape index (κ3) is 6.44. The molecule has 3 aromatic rings. The first kappa shape index (κ1) is 25.4. The first-order chi connectivity index (χ1) is 16.1. The molecule has 0 saturated heterocycles. The SMILES string of the molecule is Cc1cc(C)c(S(=O)(=O)N(CC(=O)NN=Cc2cccc(O)c2)Cc2ccc(Cl)cc2)c(C)c1. The van der Waals surface area contributed by atoms with Gasteiger partial charge in [-0.1, -0.05) is 53.6 Å². The zero-order chi connectivity index (χ0) is 24.9. The second-order valence-electron chi connectivity index (χ2n) is 8.02. The number of amides is 1. The van der Waals surface area contributed by atoms with Crippen molar-refractivity contribution in [2.24, 2.45) is 5.10 Å². The van der Waals surface area contributed by atoms with E-state index < -0.39 is 22.5 Å². The lowest BCUT2D eigenvalue weighted by Crippen LogP contribution is -2.39. The molecule has 0 bridgehead atoms. The van der Waals surface area contributed by atoms with Crippen molar-refractivity contribution in [3.05, 3.63) is 93.5 Å². The minimum atomic E-state index is -4.01. The van der Waals surface area contributed by atoms with Crippen LogP contribution < -0.4 is 5.43 Å². The number of hydrogen-bond donors (Lipinski definition) is 2. The number of nitrogens with one attached hydrogen (secondary N) is 1. The van der Waals surface area contributed by atoms with Crippen LogP contribution in [0, 0.1) is 20.8 Å². The first-order valence-corrected chi connectivity index (χ1v) is 12.3. The van der Waals surface area contributed by atoms with Crippen molar-refractivity contribution in [3.8, 4) is 5.75 Å². The highest BCUT2D eigenvalue weighted by Gasteiger charge is 2.30. The smallest absolute Gasteiger partial charge is 0.255 e. The molecule has 0 aliphatic heterocycles. The lowest BCUT2D eigenvalue weighted by atomic mass is 10.1. The van der Waals surface area contributed by atoms with E-state index in [1.54, 1.807) is 62.4 Å². The van der Waals surface area contributed by atoms with Crippen LogP contribution in [0.15, 0.2) is 70.7 Å². The summed E-state index contributed by atoms with van der Waals surface area (Å²) in [6.07, 6.45) is 1.37. The molecule has 34 heavy (non-hydrogen) atoms. The van der Waals surface area contributed by atoms with Crippen molar-refractivity contribution < 1.29 is 18.3 Å². The molecule has 178 valence electrons.